The highest BCUT2D eigenvalue weighted by atomic mass is 15.0. The molecule has 2 aliphatic rings. The van der Waals surface area contributed by atoms with Gasteiger partial charge in [-0.1, -0.05) is 110 Å². The van der Waals surface area contributed by atoms with E-state index in [1.807, 2.05) is 6.08 Å². The molecule has 5 aromatic carbocycles. The third kappa shape index (κ3) is 4.42. The van der Waals surface area contributed by atoms with E-state index in [0.29, 0.717) is 17.9 Å². The molecule has 0 aliphatic heterocycles. The maximum absolute atomic E-state index is 10.8. The Hall–Kier alpha value is -6.36. The number of allylic oxidation sites excluding steroid dienone is 2. The van der Waals surface area contributed by atoms with Crippen molar-refractivity contribution < 1.29 is 0 Å². The maximum atomic E-state index is 10.8. The Balaban J connectivity index is 1.22. The monoisotopic (exact) mass is 628 g/mol. The maximum Gasteiger partial charge on any atom is 0.100 e. The molecule has 9 rings (SSSR count). The molecule has 49 heavy (non-hydrogen) atoms. The molecule has 2 aromatic heterocycles. The Bertz CT molecular complexity index is 2610. The van der Waals surface area contributed by atoms with Crippen molar-refractivity contribution in [1.29, 1.82) is 10.5 Å². The molecule has 0 saturated heterocycles. The number of nitriles is 2. The molecule has 2 unspecified atom stereocenters. The first-order valence-electron chi connectivity index (χ1n) is 16.9. The lowest BCUT2D eigenvalue weighted by atomic mass is 9.90. The third-order valence-corrected chi connectivity index (χ3v) is 10.3. The lowest BCUT2D eigenvalue weighted by molar-refractivity contribution is 0.768. The van der Waals surface area contributed by atoms with E-state index >= 15 is 0 Å². The molecule has 4 heteroatoms. The van der Waals surface area contributed by atoms with E-state index in [1.165, 1.54) is 33.1 Å². The van der Waals surface area contributed by atoms with Gasteiger partial charge < -0.3 is 9.13 Å². The minimum Gasteiger partial charge on any atom is -0.313 e. The SMILES string of the molecule is CC1CC=Cc2c1c1ccccc1n2-c1ccccc1-c1cccc(-c2cccc(-n3c4c(c5ccccc53)C=CC(C#N)C4)c2)c1C#N. The van der Waals surface area contributed by atoms with E-state index < -0.39 is 0 Å². The summed E-state index contributed by atoms with van der Waals surface area (Å²) in [6.45, 7) is 2.31. The summed E-state index contributed by atoms with van der Waals surface area (Å²) in [5.41, 5.74) is 13.7. The van der Waals surface area contributed by atoms with Crippen LogP contribution in [0.2, 0.25) is 0 Å². The minimum atomic E-state index is -0.164. The van der Waals surface area contributed by atoms with E-state index in [0.717, 1.165) is 51.3 Å². The molecule has 4 nitrogen and oxygen atoms in total. The molecule has 0 saturated carbocycles. The van der Waals surface area contributed by atoms with Crippen LogP contribution in [0.15, 0.2) is 127 Å². The minimum absolute atomic E-state index is 0.164. The van der Waals surface area contributed by atoms with Gasteiger partial charge in [-0.25, -0.2) is 0 Å². The lowest BCUT2D eigenvalue weighted by Gasteiger charge is -2.20. The summed E-state index contributed by atoms with van der Waals surface area (Å²) in [5.74, 6) is 0.260. The quantitative estimate of drug-likeness (QED) is 0.195. The van der Waals surface area contributed by atoms with Crippen molar-refractivity contribution in [3.05, 3.63) is 155 Å². The van der Waals surface area contributed by atoms with E-state index in [9.17, 15) is 10.5 Å². The van der Waals surface area contributed by atoms with E-state index in [1.54, 1.807) is 0 Å². The molecule has 2 aliphatic carbocycles. The second-order valence-electron chi connectivity index (χ2n) is 13.1. The number of fused-ring (bicyclic) bond motifs is 6. The fraction of sp³-hybridized carbons (Fsp3) is 0.111. The van der Waals surface area contributed by atoms with Gasteiger partial charge in [-0.2, -0.15) is 10.5 Å². The van der Waals surface area contributed by atoms with E-state index in [4.69, 9.17) is 0 Å². The summed E-state index contributed by atoms with van der Waals surface area (Å²) >= 11 is 0. The molecule has 0 spiro atoms. The number of hydrogen-bond donors (Lipinski definition) is 0. The average molecular weight is 629 g/mol. The van der Waals surface area contributed by atoms with Crippen molar-refractivity contribution in [1.82, 2.24) is 9.13 Å². The van der Waals surface area contributed by atoms with Gasteiger partial charge in [0.25, 0.3) is 0 Å². The molecule has 0 fully saturated rings. The highest BCUT2D eigenvalue weighted by molar-refractivity contribution is 5.95. The molecule has 2 atom stereocenters. The number of nitrogens with zero attached hydrogens (tertiary/aromatic N) is 4. The molecular formula is C45H32N4. The van der Waals surface area contributed by atoms with Crippen LogP contribution in [-0.4, -0.2) is 9.13 Å². The fourth-order valence-electron chi connectivity index (χ4n) is 8.15. The number of hydrogen-bond acceptors (Lipinski definition) is 2. The Morgan fingerprint density at radius 2 is 1.41 bits per heavy atom. The van der Waals surface area contributed by atoms with Crippen LogP contribution in [0.3, 0.4) is 0 Å². The Kier molecular flexibility index (Phi) is 6.71. The van der Waals surface area contributed by atoms with Crippen LogP contribution in [-0.2, 0) is 6.42 Å². The summed E-state index contributed by atoms with van der Waals surface area (Å²) in [4.78, 5) is 0. The zero-order valence-corrected chi connectivity index (χ0v) is 27.1. The molecule has 0 bridgehead atoms. The Morgan fingerprint density at radius 3 is 2.24 bits per heavy atom. The van der Waals surface area contributed by atoms with Gasteiger partial charge in [-0.05, 0) is 59.9 Å². The highest BCUT2D eigenvalue weighted by Gasteiger charge is 2.26. The molecule has 232 valence electrons. The first-order chi connectivity index (χ1) is 24.2. The second-order valence-corrected chi connectivity index (χ2v) is 13.1. The topological polar surface area (TPSA) is 57.4 Å². The predicted molar refractivity (Wildman–Crippen MR) is 200 cm³/mol. The lowest BCUT2D eigenvalue weighted by Crippen LogP contribution is -2.09. The van der Waals surface area contributed by atoms with Crippen LogP contribution in [0, 0.1) is 28.6 Å². The number of rotatable bonds is 4. The summed E-state index contributed by atoms with van der Waals surface area (Å²) in [5, 5.41) is 23.1. The number of benzene rings is 5. The smallest absolute Gasteiger partial charge is 0.100 e. The summed E-state index contributed by atoms with van der Waals surface area (Å²) in [6, 6.07) is 45.3. The Labute approximate surface area is 285 Å². The standard InChI is InChI=1S/C45H32N4/c1-29-11-8-22-43-45(29)38-16-4-7-21-42(38)49(43)41-20-6-2-14-35(41)34-18-10-17-33(39(34)28-47)31-12-9-13-32(26-31)48-40-19-5-3-15-36(40)37-24-23-30(27-46)25-44(37)48/h2-10,12-24,26,29-30H,11,25H2,1H3. The number of para-hydroxylation sites is 3. The second kappa shape index (κ2) is 11.4. The van der Waals surface area contributed by atoms with Gasteiger partial charge in [0.2, 0.25) is 0 Å². The van der Waals surface area contributed by atoms with E-state index in [2.05, 4.69) is 162 Å². The fourth-order valence-corrected chi connectivity index (χ4v) is 8.15. The Morgan fingerprint density at radius 1 is 0.694 bits per heavy atom. The van der Waals surface area contributed by atoms with Gasteiger partial charge in [0, 0.05) is 50.8 Å². The van der Waals surface area contributed by atoms with Crippen LogP contribution in [0.4, 0.5) is 0 Å². The number of aromatic nitrogens is 2. The van der Waals surface area contributed by atoms with Gasteiger partial charge in [0.15, 0.2) is 0 Å². The van der Waals surface area contributed by atoms with Gasteiger partial charge in [0.1, 0.15) is 6.07 Å². The summed E-state index contributed by atoms with van der Waals surface area (Å²) in [7, 11) is 0. The van der Waals surface area contributed by atoms with Crippen LogP contribution in [0.5, 0.6) is 0 Å². The van der Waals surface area contributed by atoms with Crippen molar-refractivity contribution >= 4 is 34.0 Å². The van der Waals surface area contributed by atoms with E-state index in [-0.39, 0.29) is 5.92 Å². The molecular weight excluding hydrogens is 597 g/mol. The van der Waals surface area contributed by atoms with Crippen LogP contribution in [0.1, 0.15) is 47.3 Å². The molecule has 0 N–H and O–H groups in total. The normalized spacial score (nSPS) is 16.3. The molecule has 0 radical (unpaired) electrons. The van der Waals surface area contributed by atoms with Crippen LogP contribution in [0.25, 0.3) is 67.6 Å². The van der Waals surface area contributed by atoms with Crippen molar-refractivity contribution in [3.8, 4) is 45.8 Å². The first-order valence-corrected chi connectivity index (χ1v) is 16.9. The van der Waals surface area contributed by atoms with Crippen molar-refractivity contribution in [3.63, 3.8) is 0 Å². The van der Waals surface area contributed by atoms with Crippen molar-refractivity contribution in [2.75, 3.05) is 0 Å². The zero-order valence-electron chi connectivity index (χ0n) is 27.1. The van der Waals surface area contributed by atoms with Crippen molar-refractivity contribution in [2.24, 2.45) is 5.92 Å². The largest absolute Gasteiger partial charge is 0.313 e. The van der Waals surface area contributed by atoms with Gasteiger partial charge >= 0.3 is 0 Å². The van der Waals surface area contributed by atoms with Crippen LogP contribution >= 0.6 is 0 Å². The van der Waals surface area contributed by atoms with Gasteiger partial charge in [-0.15, -0.1) is 0 Å². The zero-order chi connectivity index (χ0) is 33.1. The molecule has 2 heterocycles. The third-order valence-electron chi connectivity index (χ3n) is 10.3. The average Bonchev–Trinajstić information content (AvgIpc) is 3.67. The first kappa shape index (κ1) is 28.8. The molecule has 7 aromatic rings. The van der Waals surface area contributed by atoms with Crippen molar-refractivity contribution in [2.45, 2.75) is 25.7 Å². The van der Waals surface area contributed by atoms with Gasteiger partial charge in [0.05, 0.1) is 40.0 Å². The summed E-state index contributed by atoms with van der Waals surface area (Å²) in [6.07, 6.45) is 10.3. The van der Waals surface area contributed by atoms with Gasteiger partial charge in [-0.3, -0.25) is 0 Å². The summed E-state index contributed by atoms with van der Waals surface area (Å²) < 4.78 is 4.67. The highest BCUT2D eigenvalue weighted by Crippen LogP contribution is 2.43. The predicted octanol–water partition coefficient (Wildman–Crippen LogP) is 11.0. The van der Waals surface area contributed by atoms with Crippen LogP contribution < -0.4 is 0 Å². The molecule has 0 amide bonds.